The highest BCUT2D eigenvalue weighted by atomic mass is 32.1. The molecular formula is C18H19F4N3OS. The molecule has 0 N–H and O–H groups in total. The fraction of sp³-hybridized carbons (Fsp3) is 0.500. The van der Waals surface area contributed by atoms with Crippen LogP contribution in [-0.4, -0.2) is 15.7 Å². The van der Waals surface area contributed by atoms with Crippen molar-refractivity contribution in [3.05, 3.63) is 45.0 Å². The predicted molar refractivity (Wildman–Crippen MR) is 92.8 cm³/mol. The van der Waals surface area contributed by atoms with E-state index in [1.165, 1.54) is 11.3 Å². The van der Waals surface area contributed by atoms with Crippen molar-refractivity contribution in [1.29, 1.82) is 0 Å². The van der Waals surface area contributed by atoms with Crippen molar-refractivity contribution in [1.82, 2.24) is 9.78 Å². The molecule has 1 aliphatic rings. The molecule has 3 rings (SSSR count). The second-order valence-corrected chi connectivity index (χ2v) is 8.63. The maximum atomic E-state index is 14.0. The Bertz CT molecular complexity index is 933. The fourth-order valence-electron chi connectivity index (χ4n) is 2.37. The maximum absolute atomic E-state index is 14.0. The Hall–Kier alpha value is -2.03. The van der Waals surface area contributed by atoms with E-state index in [0.29, 0.717) is 30.7 Å². The van der Waals surface area contributed by atoms with Crippen molar-refractivity contribution in [3.63, 3.8) is 0 Å². The first-order valence-electron chi connectivity index (χ1n) is 8.49. The average Bonchev–Trinajstić information content (AvgIpc) is 3.26. The zero-order chi connectivity index (χ0) is 20.0. The van der Waals surface area contributed by atoms with Gasteiger partial charge in [-0.15, -0.1) is 0 Å². The normalized spacial score (nSPS) is 16.0. The smallest absolute Gasteiger partial charge is 0.267 e. The first kappa shape index (κ1) is 19.7. The first-order chi connectivity index (χ1) is 12.4. The minimum atomic E-state index is -4.67. The summed E-state index contributed by atoms with van der Waals surface area (Å²) < 4.78 is 54.1. The zero-order valence-corrected chi connectivity index (χ0v) is 15.9. The van der Waals surface area contributed by atoms with Crippen LogP contribution in [0.25, 0.3) is 0 Å². The Labute approximate surface area is 157 Å². The molecule has 1 aromatic heterocycles. The standard InChI is InChI=1S/C18H19F4N3OS/c1-17(2,3)15-24-25(9-10-4-5-10)16(27-15)23-14(26)12-8-11(18(20,21)22)6-7-13(12)19/h6-8,10H,4-5,9H2,1-3H3. The van der Waals surface area contributed by atoms with E-state index in [0.717, 1.165) is 17.8 Å². The summed E-state index contributed by atoms with van der Waals surface area (Å²) in [5.41, 5.74) is -2.06. The van der Waals surface area contributed by atoms with Gasteiger partial charge in [-0.1, -0.05) is 32.1 Å². The number of hydrogen-bond acceptors (Lipinski definition) is 3. The van der Waals surface area contributed by atoms with Gasteiger partial charge >= 0.3 is 6.18 Å². The lowest BCUT2D eigenvalue weighted by molar-refractivity contribution is -0.137. The summed E-state index contributed by atoms with van der Waals surface area (Å²) >= 11 is 1.19. The Morgan fingerprint density at radius 2 is 1.96 bits per heavy atom. The van der Waals surface area contributed by atoms with E-state index in [1.807, 2.05) is 20.8 Å². The van der Waals surface area contributed by atoms with E-state index in [4.69, 9.17) is 0 Å². The van der Waals surface area contributed by atoms with Crippen LogP contribution in [0.15, 0.2) is 23.2 Å². The van der Waals surface area contributed by atoms with Crippen LogP contribution in [0.1, 0.15) is 54.5 Å². The highest BCUT2D eigenvalue weighted by Gasteiger charge is 2.32. The van der Waals surface area contributed by atoms with E-state index in [2.05, 4.69) is 10.1 Å². The third kappa shape index (κ3) is 4.63. The summed E-state index contributed by atoms with van der Waals surface area (Å²) in [6, 6.07) is 1.74. The summed E-state index contributed by atoms with van der Waals surface area (Å²) in [6.45, 7) is 6.48. The lowest BCUT2D eigenvalue weighted by atomic mass is 9.98. The zero-order valence-electron chi connectivity index (χ0n) is 15.1. The number of halogens is 4. The summed E-state index contributed by atoms with van der Waals surface area (Å²) in [5.74, 6) is -1.63. The quantitative estimate of drug-likeness (QED) is 0.709. The second kappa shape index (κ2) is 6.85. The van der Waals surface area contributed by atoms with Gasteiger partial charge in [0, 0.05) is 12.0 Å². The second-order valence-electron chi connectivity index (χ2n) is 7.67. The van der Waals surface area contributed by atoms with Gasteiger partial charge in [-0.2, -0.15) is 23.3 Å². The summed E-state index contributed by atoms with van der Waals surface area (Å²) in [4.78, 5) is 16.6. The number of alkyl halides is 3. The molecule has 0 saturated heterocycles. The van der Waals surface area contributed by atoms with Gasteiger partial charge < -0.3 is 0 Å². The maximum Gasteiger partial charge on any atom is 0.416 e. The SMILES string of the molecule is CC(C)(C)c1nn(CC2CC2)c(=NC(=O)c2cc(C(F)(F)F)ccc2F)s1. The van der Waals surface area contributed by atoms with Gasteiger partial charge in [-0.25, -0.2) is 9.07 Å². The fourth-order valence-corrected chi connectivity index (χ4v) is 3.34. The number of aromatic nitrogens is 2. The van der Waals surface area contributed by atoms with Crippen LogP contribution in [-0.2, 0) is 18.1 Å². The third-order valence-electron chi connectivity index (χ3n) is 4.11. The molecule has 1 amide bonds. The molecule has 1 heterocycles. The third-order valence-corrected chi connectivity index (χ3v) is 5.48. The van der Waals surface area contributed by atoms with Crippen molar-refractivity contribution in [2.24, 2.45) is 10.9 Å². The number of carbonyl (C=O) groups is 1. The number of hydrogen-bond donors (Lipinski definition) is 0. The van der Waals surface area contributed by atoms with Gasteiger partial charge in [0.25, 0.3) is 5.91 Å². The molecule has 4 nitrogen and oxygen atoms in total. The molecule has 0 radical (unpaired) electrons. The van der Waals surface area contributed by atoms with E-state index >= 15 is 0 Å². The van der Waals surface area contributed by atoms with Gasteiger partial charge in [-0.05, 0) is 37.0 Å². The average molecular weight is 401 g/mol. The van der Waals surface area contributed by atoms with Gasteiger partial charge in [0.05, 0.1) is 11.1 Å². The lowest BCUT2D eigenvalue weighted by Crippen LogP contribution is -2.20. The minimum Gasteiger partial charge on any atom is -0.267 e. The first-order valence-corrected chi connectivity index (χ1v) is 9.31. The molecule has 1 aromatic carbocycles. The highest BCUT2D eigenvalue weighted by Crippen LogP contribution is 2.31. The Morgan fingerprint density at radius 1 is 1.30 bits per heavy atom. The van der Waals surface area contributed by atoms with E-state index < -0.39 is 29.0 Å². The molecule has 27 heavy (non-hydrogen) atoms. The minimum absolute atomic E-state index is 0.270. The summed E-state index contributed by atoms with van der Waals surface area (Å²) in [6.07, 6.45) is -2.55. The van der Waals surface area contributed by atoms with Gasteiger partial charge in [-0.3, -0.25) is 4.79 Å². The topological polar surface area (TPSA) is 47.2 Å². The van der Waals surface area contributed by atoms with Crippen LogP contribution in [0.3, 0.4) is 0 Å². The Kier molecular flexibility index (Phi) is 5.00. The van der Waals surface area contributed by atoms with Crippen molar-refractivity contribution < 1.29 is 22.4 Å². The molecule has 1 saturated carbocycles. The number of amides is 1. The highest BCUT2D eigenvalue weighted by molar-refractivity contribution is 7.09. The lowest BCUT2D eigenvalue weighted by Gasteiger charge is -2.12. The van der Waals surface area contributed by atoms with Crippen LogP contribution < -0.4 is 4.80 Å². The van der Waals surface area contributed by atoms with Crippen LogP contribution in [0.2, 0.25) is 0 Å². The van der Waals surface area contributed by atoms with Gasteiger partial charge in [0.2, 0.25) is 4.80 Å². The number of nitrogens with zero attached hydrogens (tertiary/aromatic N) is 3. The van der Waals surface area contributed by atoms with Gasteiger partial charge in [0.15, 0.2) is 0 Å². The molecule has 0 bridgehead atoms. The summed E-state index contributed by atoms with van der Waals surface area (Å²) in [5, 5.41) is 5.25. The molecule has 0 spiro atoms. The predicted octanol–water partition coefficient (Wildman–Crippen LogP) is 4.55. The summed E-state index contributed by atoms with van der Waals surface area (Å²) in [7, 11) is 0. The van der Waals surface area contributed by atoms with Crippen molar-refractivity contribution in [2.45, 2.75) is 51.7 Å². The van der Waals surface area contributed by atoms with Crippen LogP contribution >= 0.6 is 11.3 Å². The molecule has 9 heteroatoms. The Balaban J connectivity index is 2.03. The Morgan fingerprint density at radius 3 is 2.52 bits per heavy atom. The molecule has 1 aliphatic carbocycles. The van der Waals surface area contributed by atoms with Crippen LogP contribution in [0.4, 0.5) is 17.6 Å². The molecule has 2 aromatic rings. The molecular weight excluding hydrogens is 382 g/mol. The molecule has 1 fully saturated rings. The molecule has 0 unspecified atom stereocenters. The number of rotatable bonds is 3. The number of benzene rings is 1. The largest absolute Gasteiger partial charge is 0.416 e. The molecule has 146 valence electrons. The molecule has 0 aliphatic heterocycles. The van der Waals surface area contributed by atoms with E-state index in [9.17, 15) is 22.4 Å². The van der Waals surface area contributed by atoms with E-state index in [1.54, 1.807) is 4.68 Å². The molecule has 0 atom stereocenters. The van der Waals surface area contributed by atoms with Gasteiger partial charge in [0.1, 0.15) is 10.8 Å². The number of carbonyl (C=O) groups excluding carboxylic acids is 1. The van der Waals surface area contributed by atoms with Crippen LogP contribution in [0.5, 0.6) is 0 Å². The van der Waals surface area contributed by atoms with Crippen molar-refractivity contribution in [3.8, 4) is 0 Å². The van der Waals surface area contributed by atoms with Crippen molar-refractivity contribution in [2.75, 3.05) is 0 Å². The van der Waals surface area contributed by atoms with Crippen LogP contribution in [0, 0.1) is 11.7 Å². The van der Waals surface area contributed by atoms with Crippen molar-refractivity contribution >= 4 is 17.2 Å². The monoisotopic (exact) mass is 401 g/mol. The van der Waals surface area contributed by atoms with E-state index in [-0.39, 0.29) is 10.2 Å².